The highest BCUT2D eigenvalue weighted by Crippen LogP contribution is 2.31. The zero-order valence-corrected chi connectivity index (χ0v) is 16.7. The van der Waals surface area contributed by atoms with Crippen molar-refractivity contribution in [2.24, 2.45) is 0 Å². The molecule has 0 bridgehead atoms. The van der Waals surface area contributed by atoms with E-state index >= 15 is 0 Å². The molecule has 31 heavy (non-hydrogen) atoms. The molecule has 154 valence electrons. The molecule has 0 spiro atoms. The number of hydrogen-bond donors (Lipinski definition) is 4. The van der Waals surface area contributed by atoms with Gasteiger partial charge >= 0.3 is 0 Å². The maximum Gasteiger partial charge on any atom is 0.276 e. The van der Waals surface area contributed by atoms with Crippen LogP contribution in [0.2, 0.25) is 0 Å². The van der Waals surface area contributed by atoms with Crippen LogP contribution >= 0.6 is 0 Å². The minimum Gasteiger partial charge on any atom is -0.465 e. The van der Waals surface area contributed by atoms with E-state index in [1.165, 1.54) is 0 Å². The summed E-state index contributed by atoms with van der Waals surface area (Å²) in [5.74, 6) is 1.22. The molecule has 8 heteroatoms. The molecule has 0 radical (unpaired) electrons. The molecule has 5 N–H and O–H groups in total. The van der Waals surface area contributed by atoms with Gasteiger partial charge in [-0.2, -0.15) is 0 Å². The summed E-state index contributed by atoms with van der Waals surface area (Å²) in [5.41, 5.74) is 9.46. The second-order valence-electron chi connectivity index (χ2n) is 7.30. The van der Waals surface area contributed by atoms with E-state index in [-0.39, 0.29) is 23.7 Å². The van der Waals surface area contributed by atoms with E-state index in [9.17, 15) is 9.59 Å². The first-order valence-electron chi connectivity index (χ1n) is 9.74. The Bertz CT molecular complexity index is 1510. The lowest BCUT2D eigenvalue weighted by Crippen LogP contribution is -2.22. The Kier molecular flexibility index (Phi) is 4.32. The second kappa shape index (κ2) is 7.17. The van der Waals surface area contributed by atoms with E-state index in [2.05, 4.69) is 20.3 Å². The topological polar surface area (TPSA) is 130 Å². The molecular weight excluding hydrogens is 394 g/mol. The van der Waals surface area contributed by atoms with E-state index in [0.717, 1.165) is 5.76 Å². The van der Waals surface area contributed by atoms with Crippen molar-refractivity contribution in [3.8, 4) is 11.4 Å². The van der Waals surface area contributed by atoms with Crippen LogP contribution in [0.1, 0.15) is 21.9 Å². The molecular formula is C23H19N5O3. The minimum absolute atomic E-state index is 0.201. The van der Waals surface area contributed by atoms with E-state index in [1.807, 2.05) is 37.3 Å². The molecule has 0 atom stereocenters. The number of nitrogens with two attached hydrogens (primary N) is 1. The van der Waals surface area contributed by atoms with Crippen LogP contribution in [0.5, 0.6) is 0 Å². The number of nitrogen functional groups attached to an aromatic ring is 1. The standard InChI is InChI=1S/C23H19N5O3/c1-12-6-8-14(31-12)11-25-22(29)13-7-9-16-15(10-13)19(24)20(26-16)21-23(30)28-18-5-3-2-4-17(18)27-21/h2-10,26H,11,24H2,1H3,(H,25,29)(H,28,30). The summed E-state index contributed by atoms with van der Waals surface area (Å²) >= 11 is 0. The number of hydrogen-bond acceptors (Lipinski definition) is 5. The van der Waals surface area contributed by atoms with Crippen LogP contribution in [0.4, 0.5) is 5.69 Å². The molecule has 0 saturated heterocycles. The monoisotopic (exact) mass is 413 g/mol. The number of carbonyl (C=O) groups excluding carboxylic acids is 1. The number of rotatable bonds is 4. The van der Waals surface area contributed by atoms with Gasteiger partial charge in [-0.25, -0.2) is 4.98 Å². The molecule has 0 fully saturated rings. The van der Waals surface area contributed by atoms with E-state index in [1.54, 1.807) is 24.3 Å². The average molecular weight is 413 g/mol. The predicted molar refractivity (Wildman–Crippen MR) is 119 cm³/mol. The zero-order valence-electron chi connectivity index (χ0n) is 16.7. The van der Waals surface area contributed by atoms with Gasteiger partial charge in [0.2, 0.25) is 0 Å². The number of carbonyl (C=O) groups is 1. The number of aryl methyl sites for hydroxylation is 1. The predicted octanol–water partition coefficient (Wildman–Crippen LogP) is 3.49. The number of furan rings is 1. The van der Waals surface area contributed by atoms with Crippen molar-refractivity contribution in [1.29, 1.82) is 0 Å². The van der Waals surface area contributed by atoms with Gasteiger partial charge in [0.05, 0.1) is 29.0 Å². The molecule has 1 amide bonds. The van der Waals surface area contributed by atoms with Gasteiger partial charge in [0.25, 0.3) is 11.5 Å². The summed E-state index contributed by atoms with van der Waals surface area (Å²) in [6.45, 7) is 2.13. The third-order valence-electron chi connectivity index (χ3n) is 5.16. The lowest BCUT2D eigenvalue weighted by Gasteiger charge is -2.04. The zero-order chi connectivity index (χ0) is 21.5. The number of H-pyrrole nitrogens is 2. The van der Waals surface area contributed by atoms with Crippen molar-refractivity contribution in [1.82, 2.24) is 20.3 Å². The summed E-state index contributed by atoms with van der Waals surface area (Å²) < 4.78 is 5.47. The Hall–Kier alpha value is -4.33. The first kappa shape index (κ1) is 18.7. The van der Waals surface area contributed by atoms with Crippen LogP contribution in [0.3, 0.4) is 0 Å². The van der Waals surface area contributed by atoms with Gasteiger partial charge in [-0.3, -0.25) is 9.59 Å². The fourth-order valence-corrected chi connectivity index (χ4v) is 3.59. The fraction of sp³-hybridized carbons (Fsp3) is 0.0870. The molecule has 5 aromatic rings. The second-order valence-corrected chi connectivity index (χ2v) is 7.30. The summed E-state index contributed by atoms with van der Waals surface area (Å²) in [6, 6.07) is 16.1. The van der Waals surface area contributed by atoms with Crippen molar-refractivity contribution in [2.45, 2.75) is 13.5 Å². The highest BCUT2D eigenvalue weighted by Gasteiger charge is 2.17. The number of para-hydroxylation sites is 2. The van der Waals surface area contributed by atoms with Gasteiger partial charge in [-0.05, 0) is 49.4 Å². The molecule has 3 heterocycles. The largest absolute Gasteiger partial charge is 0.465 e. The van der Waals surface area contributed by atoms with Gasteiger partial charge in [0.15, 0.2) is 5.69 Å². The Balaban J connectivity index is 1.50. The number of amides is 1. The average Bonchev–Trinajstić information content (AvgIpc) is 3.34. The molecule has 3 aromatic heterocycles. The normalized spacial score (nSPS) is 11.3. The number of fused-ring (bicyclic) bond motifs is 2. The summed E-state index contributed by atoms with van der Waals surface area (Å²) in [5, 5.41) is 3.47. The molecule has 0 unspecified atom stereocenters. The number of benzene rings is 2. The Labute approximate surface area is 176 Å². The van der Waals surface area contributed by atoms with Crippen molar-refractivity contribution < 1.29 is 9.21 Å². The number of anilines is 1. The van der Waals surface area contributed by atoms with Gasteiger partial charge in [0, 0.05) is 16.5 Å². The maximum absolute atomic E-state index is 12.6. The highest BCUT2D eigenvalue weighted by molar-refractivity contribution is 6.04. The smallest absolute Gasteiger partial charge is 0.276 e. The molecule has 0 aliphatic heterocycles. The third kappa shape index (κ3) is 3.33. The van der Waals surface area contributed by atoms with Crippen LogP contribution in [0, 0.1) is 6.92 Å². The Morgan fingerprint density at radius 2 is 1.94 bits per heavy atom. The van der Waals surface area contributed by atoms with E-state index in [4.69, 9.17) is 10.2 Å². The maximum atomic E-state index is 12.6. The first-order chi connectivity index (χ1) is 15.0. The fourth-order valence-electron chi connectivity index (χ4n) is 3.59. The van der Waals surface area contributed by atoms with E-state index in [0.29, 0.717) is 44.6 Å². The minimum atomic E-state index is -0.344. The van der Waals surface area contributed by atoms with Crippen LogP contribution in [0.15, 0.2) is 63.8 Å². The van der Waals surface area contributed by atoms with Gasteiger partial charge < -0.3 is 25.4 Å². The van der Waals surface area contributed by atoms with Crippen molar-refractivity contribution >= 4 is 33.5 Å². The highest BCUT2D eigenvalue weighted by atomic mass is 16.3. The number of aromatic nitrogens is 3. The number of nitrogens with zero attached hydrogens (tertiary/aromatic N) is 1. The van der Waals surface area contributed by atoms with Crippen molar-refractivity contribution in [3.63, 3.8) is 0 Å². The van der Waals surface area contributed by atoms with Crippen LogP contribution < -0.4 is 16.6 Å². The van der Waals surface area contributed by atoms with Crippen LogP contribution in [0.25, 0.3) is 33.3 Å². The summed E-state index contributed by atoms with van der Waals surface area (Å²) in [6.07, 6.45) is 0. The SMILES string of the molecule is Cc1ccc(CNC(=O)c2ccc3[nH]c(-c4nc5ccccc5[nH]c4=O)c(N)c3c2)o1. The van der Waals surface area contributed by atoms with Gasteiger partial charge in [-0.15, -0.1) is 0 Å². The molecule has 8 nitrogen and oxygen atoms in total. The van der Waals surface area contributed by atoms with Crippen molar-refractivity contribution in [3.05, 3.63) is 82.0 Å². The van der Waals surface area contributed by atoms with Crippen LogP contribution in [-0.4, -0.2) is 20.9 Å². The van der Waals surface area contributed by atoms with Crippen molar-refractivity contribution in [2.75, 3.05) is 5.73 Å². The van der Waals surface area contributed by atoms with Crippen LogP contribution in [-0.2, 0) is 6.54 Å². The molecule has 0 saturated carbocycles. The summed E-state index contributed by atoms with van der Waals surface area (Å²) in [7, 11) is 0. The first-order valence-corrected chi connectivity index (χ1v) is 9.74. The van der Waals surface area contributed by atoms with Gasteiger partial charge in [-0.1, -0.05) is 12.1 Å². The van der Waals surface area contributed by atoms with Gasteiger partial charge in [0.1, 0.15) is 11.5 Å². The summed E-state index contributed by atoms with van der Waals surface area (Å²) in [4.78, 5) is 35.6. The molecule has 2 aromatic carbocycles. The molecule has 5 rings (SSSR count). The lowest BCUT2D eigenvalue weighted by atomic mass is 10.1. The van der Waals surface area contributed by atoms with E-state index < -0.39 is 0 Å². The Morgan fingerprint density at radius 1 is 1.10 bits per heavy atom. The molecule has 0 aliphatic carbocycles. The molecule has 0 aliphatic rings. The quantitative estimate of drug-likeness (QED) is 0.358. The third-order valence-corrected chi connectivity index (χ3v) is 5.16. The Morgan fingerprint density at radius 3 is 2.74 bits per heavy atom. The lowest BCUT2D eigenvalue weighted by molar-refractivity contribution is 0.0948. The number of nitrogens with one attached hydrogen (secondary N) is 3. The number of aromatic amines is 2.